The molecule has 0 spiro atoms. The van der Waals surface area contributed by atoms with Gasteiger partial charge < -0.3 is 130 Å². The zero-order valence-electron chi connectivity index (χ0n) is 54.8. The van der Waals surface area contributed by atoms with Crippen molar-refractivity contribution in [1.82, 2.24) is 15.1 Å². The lowest BCUT2D eigenvalue weighted by atomic mass is 9.81. The van der Waals surface area contributed by atoms with Crippen molar-refractivity contribution in [3.63, 3.8) is 0 Å². The Kier molecular flexibility index (Phi) is 32.1. The monoisotopic (exact) mass is 1360 g/mol. The first-order chi connectivity index (χ1) is 45.0. The zero-order chi connectivity index (χ0) is 69.9. The Balaban J connectivity index is 1.27. The highest BCUT2D eigenvalue weighted by Crippen LogP contribution is 2.40. The van der Waals surface area contributed by atoms with Crippen molar-refractivity contribution in [3.05, 3.63) is 85.1 Å². The molecule has 5 unspecified atom stereocenters. The quantitative estimate of drug-likeness (QED) is 0.0890. The van der Waals surface area contributed by atoms with Gasteiger partial charge in [-0.3, -0.25) is 14.5 Å². The molecule has 0 saturated carbocycles. The molecule has 18 N–H and O–H groups in total. The van der Waals surface area contributed by atoms with Gasteiger partial charge >= 0.3 is 5.97 Å². The van der Waals surface area contributed by atoms with E-state index in [4.69, 9.17) is 33.2 Å². The fourth-order valence-corrected chi connectivity index (χ4v) is 12.7. The maximum atomic E-state index is 14.8. The average Bonchev–Trinajstić information content (AvgIpc) is 0.786. The van der Waals surface area contributed by atoms with Gasteiger partial charge in [0, 0.05) is 63.7 Å². The molecule has 1 amide bonds. The Bertz CT molecular complexity index is 2540. The Morgan fingerprint density at radius 1 is 0.621 bits per heavy atom. The van der Waals surface area contributed by atoms with Crippen molar-refractivity contribution < 1.29 is 130 Å². The fraction of sp³-hybridized carbons (Fsp3) is 0.758. The predicted molar refractivity (Wildman–Crippen MR) is 338 cm³/mol. The molecule has 0 aliphatic carbocycles. The summed E-state index contributed by atoms with van der Waals surface area (Å²) >= 11 is 0. The summed E-state index contributed by atoms with van der Waals surface area (Å²) in [6.45, 7) is 8.84. The van der Waals surface area contributed by atoms with Gasteiger partial charge in [-0.15, -0.1) is 0 Å². The summed E-state index contributed by atoms with van der Waals surface area (Å²) in [7, 11) is 0. The van der Waals surface area contributed by atoms with E-state index in [9.17, 15) is 96.4 Å². The van der Waals surface area contributed by atoms with Gasteiger partial charge in [-0.25, -0.2) is 0 Å². The van der Waals surface area contributed by atoms with E-state index in [1.807, 2.05) is 13.8 Å². The molecule has 28 atom stereocenters. The van der Waals surface area contributed by atoms with Gasteiger partial charge in [0.15, 0.2) is 18.4 Å². The molecule has 2 bridgehead atoms. The van der Waals surface area contributed by atoms with Crippen molar-refractivity contribution in [2.24, 2.45) is 17.8 Å². The number of nitrogens with zero attached hydrogens (tertiary/aromatic N) is 2. The second-order valence-electron chi connectivity index (χ2n) is 26.2. The number of aliphatic hydroxyl groups is 17. The number of carbonyl (C=O) groups excluding carboxylic acids is 2. The fourth-order valence-electron chi connectivity index (χ4n) is 12.7. The van der Waals surface area contributed by atoms with Gasteiger partial charge in [-0.2, -0.15) is 0 Å². The molecule has 95 heavy (non-hydrogen) atoms. The molecule has 0 aromatic rings. The summed E-state index contributed by atoms with van der Waals surface area (Å²) in [5.41, 5.74) is 0. The van der Waals surface area contributed by atoms with Gasteiger partial charge in [0.25, 0.3) is 0 Å². The third kappa shape index (κ3) is 23.1. The molecule has 6 aliphatic rings. The Morgan fingerprint density at radius 2 is 1.23 bits per heavy atom. The van der Waals surface area contributed by atoms with E-state index >= 15 is 0 Å². The minimum absolute atomic E-state index is 0.147. The number of aliphatic hydroxyl groups excluding tert-OH is 15. The SMILES string of the molecule is CCCN1CCN(C(=O)C2C3C[C@@H](OC4O[C@H](C)[C@@H](O)[C@H](NC[C@@]5(O)OC[C@@H](O)[C@@H](OC6O[C@H](CO)[C@H](O)[C@H](O)[C@H]6O)[C@@H]5O)[C@@H]4O)/C=C/C=C/C=C/C=C/C=C/C=C/C=C/[C@H](C)[C@@H](O)C(C)[C@H](C)OC(=O)C[C@H](O)C[C@H](O)CC[C@@H](O)[C@H](O)C[C@H](O)C[C@](O)(C[C@@H]2O)O3)CC1. The maximum Gasteiger partial charge on any atom is 0.308 e. The Labute approximate surface area is 554 Å². The molecule has 5 fully saturated rings. The van der Waals surface area contributed by atoms with Crippen LogP contribution in [0.2, 0.25) is 0 Å². The molecule has 0 aromatic carbocycles. The van der Waals surface area contributed by atoms with Crippen LogP contribution < -0.4 is 5.32 Å². The number of allylic oxidation sites excluding steroid dienone is 12. The Hall–Kier alpha value is -3.88. The lowest BCUT2D eigenvalue weighted by Crippen LogP contribution is -2.70. The van der Waals surface area contributed by atoms with E-state index in [-0.39, 0.29) is 31.6 Å². The van der Waals surface area contributed by atoms with Crippen LogP contribution in [0, 0.1) is 17.8 Å². The van der Waals surface area contributed by atoms with E-state index in [0.717, 1.165) is 13.0 Å². The number of hydrogen-bond donors (Lipinski definition) is 18. The third-order valence-electron chi connectivity index (χ3n) is 18.6. The Morgan fingerprint density at radius 3 is 1.85 bits per heavy atom. The van der Waals surface area contributed by atoms with Crippen LogP contribution >= 0.6 is 0 Å². The van der Waals surface area contributed by atoms with Gasteiger partial charge in [0.1, 0.15) is 54.9 Å². The average molecular weight is 1360 g/mol. The number of carbonyl (C=O) groups is 2. The standard InChI is InChI=1S/C66H107N3O26/c1-6-23-68-24-26-69(27-25-68)62(86)52-47(76)33-65(87)32-43(73)29-46(75)45(74)22-21-41(71)28-42(72)30-51(78)90-39(4)38(3)54(79)37(2)19-17-15-13-11-9-7-8-10-12-14-16-18-20-44(31-49(52)95-65)92-63-57(82)53(55(80)40(5)91-63)67-36-66(88)61(85)60(48(77)35-89-66)94-64-59(84)58(83)56(81)50(34-70)93-64/h7-20,37-50,52-61,63-64,67,70-77,79-85,87-88H,6,21-36H2,1-5H3/b8-7+,11-9+,12-10+,15-13+,16-14+,19-17+,20-18+/t37-,38?,39-,40+,41+,42+,43-,44-,45+,46+,47-,48+,49?,50+,52?,53-,54+,55+,56-,57-,58-,59+,60+,61-,63?,64?,65+,66+/m0/s1. The predicted octanol–water partition coefficient (Wildman–Crippen LogP) is -3.56. The summed E-state index contributed by atoms with van der Waals surface area (Å²) in [6, 6.07) is -1.46. The van der Waals surface area contributed by atoms with E-state index in [2.05, 4.69) is 10.2 Å². The van der Waals surface area contributed by atoms with Crippen molar-refractivity contribution >= 4 is 11.9 Å². The van der Waals surface area contributed by atoms with Gasteiger partial charge in [-0.1, -0.05) is 106 Å². The molecular weight excluding hydrogens is 1250 g/mol. The molecule has 6 heterocycles. The largest absolute Gasteiger partial charge is 0.462 e. The van der Waals surface area contributed by atoms with Crippen LogP contribution in [0.15, 0.2) is 85.1 Å². The van der Waals surface area contributed by atoms with Crippen molar-refractivity contribution in [2.45, 2.75) is 245 Å². The number of ether oxygens (including phenoxy) is 7. The topological polar surface area (TPSA) is 461 Å². The first-order valence-corrected chi connectivity index (χ1v) is 33.1. The summed E-state index contributed by atoms with van der Waals surface area (Å²) in [4.78, 5) is 31.4. The van der Waals surface area contributed by atoms with Crippen molar-refractivity contribution in [3.8, 4) is 0 Å². The van der Waals surface area contributed by atoms with Gasteiger partial charge in [-0.05, 0) is 46.1 Å². The second kappa shape index (κ2) is 38.1. The highest BCUT2D eigenvalue weighted by atomic mass is 16.7. The highest BCUT2D eigenvalue weighted by Gasteiger charge is 2.56. The highest BCUT2D eigenvalue weighted by molar-refractivity contribution is 5.80. The van der Waals surface area contributed by atoms with Crippen LogP contribution in [-0.2, 0) is 42.7 Å². The first kappa shape index (κ1) is 80.1. The molecule has 29 nitrogen and oxygen atoms in total. The smallest absolute Gasteiger partial charge is 0.308 e. The second-order valence-corrected chi connectivity index (χ2v) is 26.2. The van der Waals surface area contributed by atoms with Crippen LogP contribution in [0.1, 0.15) is 92.4 Å². The number of cyclic esters (lactones) is 1. The summed E-state index contributed by atoms with van der Waals surface area (Å²) in [5, 5.41) is 192. The maximum absolute atomic E-state index is 14.8. The molecule has 542 valence electrons. The normalized spacial score (nSPS) is 45.9. The number of rotatable bonds is 11. The molecule has 5 saturated heterocycles. The number of fused-ring (bicyclic) bond motifs is 2. The molecule has 0 radical (unpaired) electrons. The lowest BCUT2D eigenvalue weighted by molar-refractivity contribution is -0.368. The number of hydrogen-bond acceptors (Lipinski definition) is 28. The van der Waals surface area contributed by atoms with Crippen LogP contribution in [0.25, 0.3) is 0 Å². The van der Waals surface area contributed by atoms with Crippen LogP contribution in [-0.4, -0.2) is 313 Å². The molecule has 29 heteroatoms. The zero-order valence-corrected chi connectivity index (χ0v) is 54.8. The van der Waals surface area contributed by atoms with E-state index in [1.165, 1.54) is 13.0 Å². The van der Waals surface area contributed by atoms with Crippen molar-refractivity contribution in [2.75, 3.05) is 52.5 Å². The van der Waals surface area contributed by atoms with E-state index in [0.29, 0.717) is 26.2 Å². The van der Waals surface area contributed by atoms with E-state index < -0.39 is 221 Å². The summed E-state index contributed by atoms with van der Waals surface area (Å²) in [6.07, 6.45) is -12.3. The number of esters is 1. The third-order valence-corrected chi connectivity index (χ3v) is 18.6. The molecule has 0 aromatic heterocycles. The molecular formula is C66H107N3O26. The van der Waals surface area contributed by atoms with E-state index in [1.54, 1.807) is 97.7 Å². The summed E-state index contributed by atoms with van der Waals surface area (Å²) in [5.74, 6) is -8.51. The van der Waals surface area contributed by atoms with Gasteiger partial charge in [0.05, 0.1) is 105 Å². The lowest BCUT2D eigenvalue weighted by Gasteiger charge is -2.48. The van der Waals surface area contributed by atoms with Crippen LogP contribution in [0.4, 0.5) is 0 Å². The number of nitrogens with one attached hydrogen (secondary N) is 1. The minimum atomic E-state index is -2.67. The number of piperazine rings is 1. The first-order valence-electron chi connectivity index (χ1n) is 33.1. The molecule has 6 rings (SSSR count). The summed E-state index contributed by atoms with van der Waals surface area (Å²) < 4.78 is 41.1. The number of amides is 1. The van der Waals surface area contributed by atoms with Gasteiger partial charge in [0.2, 0.25) is 11.7 Å². The minimum Gasteiger partial charge on any atom is -0.462 e. The molecule has 6 aliphatic heterocycles. The van der Waals surface area contributed by atoms with Crippen molar-refractivity contribution in [1.29, 1.82) is 0 Å². The van der Waals surface area contributed by atoms with Crippen LogP contribution in [0.5, 0.6) is 0 Å². The van der Waals surface area contributed by atoms with Crippen LogP contribution in [0.3, 0.4) is 0 Å².